The SMILES string of the molecule is COC(=O)Cc1cccc([AsH]C(=O)COc2ccc(C34CC5CC(CC(C5)C3)C4)cc2)c1. The van der Waals surface area contributed by atoms with Crippen molar-refractivity contribution >= 4 is 30.6 Å². The van der Waals surface area contributed by atoms with Gasteiger partial charge in [-0.15, -0.1) is 0 Å². The zero-order valence-electron chi connectivity index (χ0n) is 18.6. The normalized spacial score (nSPS) is 28.2. The first kappa shape index (κ1) is 21.8. The van der Waals surface area contributed by atoms with Crippen molar-refractivity contribution in [2.45, 2.75) is 50.4 Å². The van der Waals surface area contributed by atoms with Gasteiger partial charge in [-0.2, -0.15) is 0 Å². The number of ether oxygens (including phenoxy) is 2. The Balaban J connectivity index is 1.16. The van der Waals surface area contributed by atoms with Crippen LogP contribution >= 0.6 is 0 Å². The molecule has 0 radical (unpaired) electrons. The Hall–Kier alpha value is -2.06. The molecule has 4 bridgehead atoms. The fourth-order valence-corrected chi connectivity index (χ4v) is 8.61. The van der Waals surface area contributed by atoms with Crippen LogP contribution in [0.15, 0.2) is 48.5 Å². The van der Waals surface area contributed by atoms with E-state index in [-0.39, 0.29) is 23.6 Å². The second-order valence-corrected chi connectivity index (χ2v) is 12.9. The first-order chi connectivity index (χ1) is 15.5. The molecule has 4 nitrogen and oxygen atoms in total. The van der Waals surface area contributed by atoms with Gasteiger partial charge in [0.15, 0.2) is 0 Å². The van der Waals surface area contributed by atoms with Crippen LogP contribution < -0.4 is 9.09 Å². The van der Waals surface area contributed by atoms with Gasteiger partial charge in [0.05, 0.1) is 0 Å². The van der Waals surface area contributed by atoms with Crippen LogP contribution in [-0.2, 0) is 26.2 Å². The monoisotopic (exact) mass is 494 g/mol. The van der Waals surface area contributed by atoms with Gasteiger partial charge in [0.2, 0.25) is 0 Å². The van der Waals surface area contributed by atoms with Gasteiger partial charge in [-0.25, -0.2) is 0 Å². The Labute approximate surface area is 196 Å². The molecule has 5 heteroatoms. The second kappa shape index (κ2) is 9.06. The molecule has 32 heavy (non-hydrogen) atoms. The Morgan fingerprint density at radius 1 is 0.969 bits per heavy atom. The van der Waals surface area contributed by atoms with Crippen LogP contribution in [0.25, 0.3) is 0 Å². The number of hydrogen-bond donors (Lipinski definition) is 0. The fraction of sp³-hybridized carbons (Fsp3) is 0.481. The molecule has 4 fully saturated rings. The van der Waals surface area contributed by atoms with Gasteiger partial charge in [0.1, 0.15) is 0 Å². The van der Waals surface area contributed by atoms with Crippen LogP contribution in [-0.4, -0.2) is 40.0 Å². The van der Waals surface area contributed by atoms with Crippen molar-refractivity contribution in [2.24, 2.45) is 17.8 Å². The molecule has 168 valence electrons. The van der Waals surface area contributed by atoms with Crippen LogP contribution in [0, 0.1) is 17.8 Å². The first-order valence-corrected chi connectivity index (χ1v) is 13.8. The Morgan fingerprint density at radius 2 is 1.62 bits per heavy atom. The van der Waals surface area contributed by atoms with E-state index < -0.39 is 15.8 Å². The van der Waals surface area contributed by atoms with Crippen molar-refractivity contribution in [1.82, 2.24) is 0 Å². The summed E-state index contributed by atoms with van der Waals surface area (Å²) in [5, 5.41) is 0. The molecule has 1 unspecified atom stereocenters. The summed E-state index contributed by atoms with van der Waals surface area (Å²) < 4.78 is 11.7. The zero-order chi connectivity index (χ0) is 22.1. The Bertz CT molecular complexity index is 962. The van der Waals surface area contributed by atoms with E-state index in [0.717, 1.165) is 33.4 Å². The zero-order valence-corrected chi connectivity index (χ0v) is 20.7. The third-order valence-corrected chi connectivity index (χ3v) is 9.81. The Morgan fingerprint density at radius 3 is 2.25 bits per heavy atom. The van der Waals surface area contributed by atoms with Gasteiger partial charge in [0, 0.05) is 0 Å². The van der Waals surface area contributed by atoms with E-state index >= 15 is 0 Å². The quantitative estimate of drug-likeness (QED) is 0.416. The van der Waals surface area contributed by atoms with Crippen molar-refractivity contribution in [3.05, 3.63) is 59.7 Å². The average molecular weight is 494 g/mol. The maximum absolute atomic E-state index is 12.5. The number of benzene rings is 2. The fourth-order valence-electron chi connectivity index (χ4n) is 6.71. The van der Waals surface area contributed by atoms with Crippen molar-refractivity contribution < 1.29 is 19.1 Å². The summed E-state index contributed by atoms with van der Waals surface area (Å²) in [5.41, 5.74) is 2.75. The van der Waals surface area contributed by atoms with E-state index in [1.54, 1.807) is 0 Å². The minimum atomic E-state index is -0.976. The predicted octanol–water partition coefficient (Wildman–Crippen LogP) is 3.54. The van der Waals surface area contributed by atoms with Gasteiger partial charge in [-0.3, -0.25) is 0 Å². The van der Waals surface area contributed by atoms with E-state index in [9.17, 15) is 9.59 Å². The molecule has 0 N–H and O–H groups in total. The van der Waals surface area contributed by atoms with Crippen molar-refractivity contribution in [3.63, 3.8) is 0 Å². The first-order valence-electron chi connectivity index (χ1n) is 11.7. The summed E-state index contributed by atoms with van der Waals surface area (Å²) in [5.74, 6) is 3.31. The molecule has 0 amide bonds. The molecule has 0 aromatic heterocycles. The molecule has 0 saturated heterocycles. The van der Waals surface area contributed by atoms with Crippen LogP contribution in [0.5, 0.6) is 5.75 Å². The molecular formula is C27H31AsO4. The number of hydrogen-bond acceptors (Lipinski definition) is 4. The van der Waals surface area contributed by atoms with Crippen molar-refractivity contribution in [3.8, 4) is 5.75 Å². The molecular weight excluding hydrogens is 463 g/mol. The number of carbonyl (C=O) groups excluding carboxylic acids is 2. The molecule has 2 aromatic rings. The van der Waals surface area contributed by atoms with Gasteiger partial charge >= 0.3 is 197 Å². The molecule has 1 atom stereocenters. The van der Waals surface area contributed by atoms with E-state index in [4.69, 9.17) is 9.47 Å². The van der Waals surface area contributed by atoms with Crippen molar-refractivity contribution in [1.29, 1.82) is 0 Å². The minimum absolute atomic E-state index is 0.109. The summed E-state index contributed by atoms with van der Waals surface area (Å²) in [7, 11) is 1.39. The van der Waals surface area contributed by atoms with Crippen LogP contribution in [0.4, 0.5) is 0 Å². The van der Waals surface area contributed by atoms with E-state index in [1.807, 2.05) is 24.3 Å². The molecule has 4 aliphatic rings. The molecule has 6 rings (SSSR count). The van der Waals surface area contributed by atoms with Gasteiger partial charge in [-0.1, -0.05) is 0 Å². The van der Waals surface area contributed by atoms with E-state index in [0.29, 0.717) is 5.41 Å². The van der Waals surface area contributed by atoms with E-state index in [2.05, 4.69) is 24.3 Å². The van der Waals surface area contributed by atoms with Crippen LogP contribution in [0.1, 0.15) is 49.7 Å². The maximum atomic E-state index is 12.5. The molecule has 0 spiro atoms. The summed E-state index contributed by atoms with van der Waals surface area (Å²) in [4.78, 5) is 24.0. The number of esters is 1. The molecule has 0 heterocycles. The summed E-state index contributed by atoms with van der Waals surface area (Å²) >= 11 is -0.976. The predicted molar refractivity (Wildman–Crippen MR) is 126 cm³/mol. The van der Waals surface area contributed by atoms with Gasteiger partial charge < -0.3 is 0 Å². The summed E-state index contributed by atoms with van der Waals surface area (Å²) in [6.07, 6.45) is 8.68. The molecule has 2 aromatic carbocycles. The molecule has 4 saturated carbocycles. The third kappa shape index (κ3) is 4.66. The standard InChI is InChI=1S/C27H31AsO4/c1-31-26(30)13-18-3-2-4-23(12-18)28-25(29)17-32-24-7-5-22(6-8-24)27-14-19-9-20(15-27)11-21(10-19)16-27/h2-8,12,19-21,28H,9-11,13-17H2,1H3. The van der Waals surface area contributed by atoms with E-state index in [1.165, 1.54) is 51.2 Å². The van der Waals surface area contributed by atoms with Crippen molar-refractivity contribution in [2.75, 3.05) is 13.7 Å². The summed E-state index contributed by atoms with van der Waals surface area (Å²) in [6, 6.07) is 16.3. The van der Waals surface area contributed by atoms with Crippen LogP contribution in [0.3, 0.4) is 0 Å². The average Bonchev–Trinajstić information content (AvgIpc) is 2.77. The Kier molecular flexibility index (Phi) is 6.16. The number of methoxy groups -OCH3 is 1. The van der Waals surface area contributed by atoms with Crippen LogP contribution in [0.2, 0.25) is 0 Å². The number of rotatable bonds is 8. The second-order valence-electron chi connectivity index (χ2n) is 10.0. The molecule has 0 aliphatic heterocycles. The van der Waals surface area contributed by atoms with Gasteiger partial charge in [-0.05, 0) is 0 Å². The third-order valence-electron chi connectivity index (χ3n) is 7.66. The van der Waals surface area contributed by atoms with Gasteiger partial charge in [0.25, 0.3) is 0 Å². The molecule has 4 aliphatic carbocycles. The topological polar surface area (TPSA) is 52.6 Å². The number of carbonyl (C=O) groups is 2. The summed E-state index contributed by atoms with van der Waals surface area (Å²) in [6.45, 7) is 0.109.